The first-order valence-corrected chi connectivity index (χ1v) is 12.0. The summed E-state index contributed by atoms with van der Waals surface area (Å²) in [7, 11) is -2.84. The number of hydrogen-bond acceptors (Lipinski definition) is 4. The molecule has 4 rings (SSSR count). The van der Waals surface area contributed by atoms with Crippen LogP contribution in [-0.2, 0) is 20.5 Å². The number of alkyl halides is 3. The first kappa shape index (κ1) is 22.6. The lowest BCUT2D eigenvalue weighted by Gasteiger charge is -2.35. The van der Waals surface area contributed by atoms with Crippen molar-refractivity contribution >= 4 is 32.9 Å². The largest absolute Gasteiger partial charge is 0.416 e. The summed E-state index contributed by atoms with van der Waals surface area (Å²) >= 11 is 0. The Hall–Kier alpha value is -3.58. The Morgan fingerprint density at radius 3 is 2.55 bits per heavy atom. The zero-order valence-electron chi connectivity index (χ0n) is 17.4. The summed E-state index contributed by atoms with van der Waals surface area (Å²) in [5, 5.41) is 11.9. The fourth-order valence-corrected chi connectivity index (χ4v) is 5.21. The van der Waals surface area contributed by atoms with Gasteiger partial charge in [-0.3, -0.25) is 13.9 Å². The zero-order chi connectivity index (χ0) is 24.1. The third kappa shape index (κ3) is 4.00. The highest BCUT2D eigenvalue weighted by atomic mass is 32.2. The summed E-state index contributed by atoms with van der Waals surface area (Å²) in [6.07, 6.45) is -2.95. The van der Waals surface area contributed by atoms with Crippen molar-refractivity contribution in [3.05, 3.63) is 70.4 Å². The number of nitrogens with zero attached hydrogens (tertiary/aromatic N) is 2. The monoisotopic (exact) mass is 473 g/mol. The highest BCUT2D eigenvalue weighted by molar-refractivity contribution is 7.99. The molecule has 0 spiro atoms. The first-order valence-electron chi connectivity index (χ1n) is 9.82. The van der Waals surface area contributed by atoms with Crippen molar-refractivity contribution in [3.63, 3.8) is 0 Å². The van der Waals surface area contributed by atoms with Gasteiger partial charge in [0.1, 0.15) is 0 Å². The number of Topliss-reactive ketones (excluding diaryl/α,β-unsaturated/α-hetero) is 1. The van der Waals surface area contributed by atoms with Gasteiger partial charge in [-0.05, 0) is 57.7 Å². The average molecular weight is 473 g/mol. The molecule has 0 radical (unpaired) electrons. The molecule has 0 saturated carbocycles. The molecule has 2 aromatic carbocycles. The minimum absolute atomic E-state index is 0.0144. The van der Waals surface area contributed by atoms with Gasteiger partial charge in [0.15, 0.2) is 5.78 Å². The SMILES string of the molecule is C=S(C)(=O)c1cc(C#N)ccc1C1NC(=O)N(c2cccc(C(F)(F)F)c2)C2=C1C(=O)CC2. The molecule has 2 amide bonds. The number of amides is 2. The predicted molar refractivity (Wildman–Crippen MR) is 117 cm³/mol. The van der Waals surface area contributed by atoms with Gasteiger partial charge < -0.3 is 5.32 Å². The number of ketones is 1. The lowest BCUT2D eigenvalue weighted by molar-refractivity contribution is -0.137. The molecule has 0 aromatic heterocycles. The van der Waals surface area contributed by atoms with Gasteiger partial charge in [-0.2, -0.15) is 18.4 Å². The normalized spacial score (nSPS) is 20.2. The van der Waals surface area contributed by atoms with Gasteiger partial charge in [0.25, 0.3) is 0 Å². The lowest BCUT2D eigenvalue weighted by atomic mass is 9.94. The van der Waals surface area contributed by atoms with Crippen LogP contribution >= 0.6 is 0 Å². The Morgan fingerprint density at radius 2 is 1.91 bits per heavy atom. The molecule has 6 nitrogen and oxygen atoms in total. The number of halogens is 3. The van der Waals surface area contributed by atoms with Crippen LogP contribution in [-0.4, -0.2) is 28.1 Å². The van der Waals surface area contributed by atoms with E-state index in [0.29, 0.717) is 11.3 Å². The van der Waals surface area contributed by atoms with Crippen molar-refractivity contribution in [2.45, 2.75) is 30.0 Å². The molecule has 2 aliphatic rings. The number of hydrogen-bond donors (Lipinski definition) is 1. The van der Waals surface area contributed by atoms with Crippen LogP contribution in [0, 0.1) is 11.3 Å². The Balaban J connectivity index is 1.89. The number of allylic oxidation sites excluding steroid dienone is 1. The van der Waals surface area contributed by atoms with Crippen LogP contribution in [0.5, 0.6) is 0 Å². The number of urea groups is 1. The molecule has 33 heavy (non-hydrogen) atoms. The van der Waals surface area contributed by atoms with Crippen LogP contribution < -0.4 is 10.2 Å². The first-order chi connectivity index (χ1) is 15.4. The quantitative estimate of drug-likeness (QED) is 0.678. The van der Waals surface area contributed by atoms with Gasteiger partial charge in [0.05, 0.1) is 28.9 Å². The van der Waals surface area contributed by atoms with E-state index < -0.39 is 33.3 Å². The second-order valence-electron chi connectivity index (χ2n) is 7.92. The number of nitrogens with one attached hydrogen (secondary N) is 1. The molecule has 2 atom stereocenters. The van der Waals surface area contributed by atoms with Crippen LogP contribution in [0.25, 0.3) is 0 Å². The van der Waals surface area contributed by atoms with Crippen molar-refractivity contribution in [2.75, 3.05) is 11.2 Å². The Morgan fingerprint density at radius 1 is 1.18 bits per heavy atom. The Labute approximate surface area is 188 Å². The van der Waals surface area contributed by atoms with E-state index in [4.69, 9.17) is 0 Å². The average Bonchev–Trinajstić information content (AvgIpc) is 3.13. The summed E-state index contributed by atoms with van der Waals surface area (Å²) in [6.45, 7) is 0. The Bertz CT molecular complexity index is 1370. The second-order valence-corrected chi connectivity index (χ2v) is 10.4. The van der Waals surface area contributed by atoms with Crippen molar-refractivity contribution in [2.24, 2.45) is 0 Å². The third-order valence-electron chi connectivity index (χ3n) is 5.58. The number of carbonyl (C=O) groups excluding carboxylic acids is 2. The molecule has 2 unspecified atom stereocenters. The van der Waals surface area contributed by atoms with E-state index in [0.717, 1.165) is 17.0 Å². The van der Waals surface area contributed by atoms with Gasteiger partial charge >= 0.3 is 12.2 Å². The standard InChI is InChI=1S/C23H18F3N3O3S/c1-33(2,32)19-10-13(12-27)6-7-16(19)21-20-17(8-9-18(20)30)29(22(31)28-21)15-5-3-4-14(11-15)23(24,25)26/h3-7,10-11,21H,1,8-9H2,2H3,(H,28,31). The van der Waals surface area contributed by atoms with Gasteiger partial charge in [-0.15, -0.1) is 0 Å². The summed E-state index contributed by atoms with van der Waals surface area (Å²) in [5.41, 5.74) is 0.192. The van der Waals surface area contributed by atoms with E-state index >= 15 is 0 Å². The third-order valence-corrected chi connectivity index (χ3v) is 6.86. The van der Waals surface area contributed by atoms with Crippen molar-refractivity contribution in [1.82, 2.24) is 5.32 Å². The maximum absolute atomic E-state index is 13.2. The van der Waals surface area contributed by atoms with Gasteiger partial charge in [0.2, 0.25) is 0 Å². The molecule has 1 aliphatic carbocycles. The molecule has 0 fully saturated rings. The van der Waals surface area contributed by atoms with E-state index in [-0.39, 0.29) is 40.3 Å². The number of carbonyl (C=O) groups is 2. The van der Waals surface area contributed by atoms with Crippen LogP contribution in [0.2, 0.25) is 0 Å². The number of nitriles is 1. The van der Waals surface area contributed by atoms with Gasteiger partial charge in [-0.1, -0.05) is 12.1 Å². The van der Waals surface area contributed by atoms with E-state index in [2.05, 4.69) is 11.2 Å². The number of benzene rings is 2. The van der Waals surface area contributed by atoms with E-state index in [9.17, 15) is 32.2 Å². The molecule has 2 aromatic rings. The molecular formula is C23H18F3N3O3S. The molecule has 0 saturated heterocycles. The van der Waals surface area contributed by atoms with Crippen LogP contribution in [0.3, 0.4) is 0 Å². The van der Waals surface area contributed by atoms with Crippen LogP contribution in [0.15, 0.2) is 58.6 Å². The van der Waals surface area contributed by atoms with Crippen molar-refractivity contribution in [1.29, 1.82) is 5.26 Å². The zero-order valence-corrected chi connectivity index (χ0v) is 18.2. The molecule has 0 bridgehead atoms. The summed E-state index contributed by atoms with van der Waals surface area (Å²) in [6, 6.07) is 9.01. The second kappa shape index (κ2) is 7.78. The summed E-state index contributed by atoms with van der Waals surface area (Å²) < 4.78 is 52.5. The smallest absolute Gasteiger partial charge is 0.326 e. The van der Waals surface area contributed by atoms with E-state index in [1.54, 1.807) is 0 Å². The van der Waals surface area contributed by atoms with Crippen LogP contribution in [0.1, 0.15) is 35.6 Å². The maximum Gasteiger partial charge on any atom is 0.416 e. The van der Waals surface area contributed by atoms with E-state index in [1.165, 1.54) is 36.6 Å². The van der Waals surface area contributed by atoms with Crippen LogP contribution in [0.4, 0.5) is 23.7 Å². The topological polar surface area (TPSA) is 90.3 Å². The molecular weight excluding hydrogens is 455 g/mol. The fourth-order valence-electron chi connectivity index (χ4n) is 4.15. The molecule has 170 valence electrons. The number of rotatable bonds is 3. The van der Waals surface area contributed by atoms with Gasteiger partial charge in [-0.25, -0.2) is 4.79 Å². The van der Waals surface area contributed by atoms with Gasteiger partial charge in [0, 0.05) is 28.8 Å². The molecule has 1 aliphatic heterocycles. The predicted octanol–water partition coefficient (Wildman–Crippen LogP) is 4.17. The number of anilines is 1. The Kier molecular flexibility index (Phi) is 5.33. The maximum atomic E-state index is 13.2. The molecule has 1 heterocycles. The lowest BCUT2D eigenvalue weighted by Crippen LogP contribution is -2.47. The minimum Gasteiger partial charge on any atom is -0.326 e. The molecule has 10 heteroatoms. The van der Waals surface area contributed by atoms with Crippen molar-refractivity contribution < 1.29 is 27.0 Å². The molecule has 1 N–H and O–H groups in total. The minimum atomic E-state index is -4.60. The highest BCUT2D eigenvalue weighted by Crippen LogP contribution is 2.43. The highest BCUT2D eigenvalue weighted by Gasteiger charge is 2.42. The summed E-state index contributed by atoms with van der Waals surface area (Å²) in [5.74, 6) is 3.41. The fraction of sp³-hybridized carbons (Fsp3) is 0.217. The van der Waals surface area contributed by atoms with E-state index in [1.807, 2.05) is 6.07 Å². The van der Waals surface area contributed by atoms with Crippen molar-refractivity contribution in [3.8, 4) is 6.07 Å². The summed E-state index contributed by atoms with van der Waals surface area (Å²) in [4.78, 5) is 27.3.